The largest absolute Gasteiger partial charge is 0.355 e. The van der Waals surface area contributed by atoms with Gasteiger partial charge in [-0.2, -0.15) is 0 Å². The van der Waals surface area contributed by atoms with Crippen molar-refractivity contribution in [3.63, 3.8) is 0 Å². The first-order valence-electron chi connectivity index (χ1n) is 8.61. The van der Waals surface area contributed by atoms with Crippen LogP contribution in [-0.2, 0) is 16.0 Å². The Labute approximate surface area is 153 Å². The highest BCUT2D eigenvalue weighted by Gasteiger charge is 2.35. The molecule has 0 heterocycles. The molecule has 0 unspecified atom stereocenters. The fraction of sp³-hybridized carbons (Fsp3) is 0.333. The van der Waals surface area contributed by atoms with Gasteiger partial charge in [-0.3, -0.25) is 9.59 Å². The van der Waals surface area contributed by atoms with Crippen LogP contribution in [0.3, 0.4) is 0 Å². The molecule has 0 aliphatic carbocycles. The van der Waals surface area contributed by atoms with E-state index in [0.717, 1.165) is 16.7 Å². The number of aryl methyl sites for hydroxylation is 2. The SMILES string of the molecule is Cc1ccc(NC(=O)C(C)(C)C(=O)NCCc2ccc(F)cc2)cc1C. The standard InChI is InChI=1S/C21H25FN2O2/c1-14-5-10-18(13-15(14)2)24-20(26)21(3,4)19(25)23-12-11-16-6-8-17(22)9-7-16/h5-10,13H,11-12H2,1-4H3,(H,23,25)(H,24,26). The molecule has 4 nitrogen and oxygen atoms in total. The van der Waals surface area contributed by atoms with Gasteiger partial charge in [0, 0.05) is 12.2 Å². The van der Waals surface area contributed by atoms with Crippen LogP contribution in [0.2, 0.25) is 0 Å². The van der Waals surface area contributed by atoms with Crippen molar-refractivity contribution < 1.29 is 14.0 Å². The van der Waals surface area contributed by atoms with Crippen molar-refractivity contribution in [3.05, 3.63) is 65.0 Å². The smallest absolute Gasteiger partial charge is 0.239 e. The number of hydrogen-bond acceptors (Lipinski definition) is 2. The Morgan fingerprint density at radius 2 is 1.62 bits per heavy atom. The Bertz CT molecular complexity index is 798. The lowest BCUT2D eigenvalue weighted by atomic mass is 9.90. The Morgan fingerprint density at radius 3 is 2.23 bits per heavy atom. The lowest BCUT2D eigenvalue weighted by molar-refractivity contribution is -0.138. The molecule has 2 N–H and O–H groups in total. The third kappa shape index (κ3) is 4.91. The number of nitrogens with one attached hydrogen (secondary N) is 2. The van der Waals surface area contributed by atoms with E-state index < -0.39 is 5.41 Å². The molecule has 0 bridgehead atoms. The van der Waals surface area contributed by atoms with Gasteiger partial charge in [0.05, 0.1) is 0 Å². The molecule has 0 saturated carbocycles. The number of anilines is 1. The van der Waals surface area contributed by atoms with E-state index in [1.54, 1.807) is 26.0 Å². The first kappa shape index (κ1) is 19.6. The van der Waals surface area contributed by atoms with Crippen molar-refractivity contribution in [2.45, 2.75) is 34.1 Å². The van der Waals surface area contributed by atoms with E-state index in [9.17, 15) is 14.0 Å². The summed E-state index contributed by atoms with van der Waals surface area (Å²) in [7, 11) is 0. The van der Waals surface area contributed by atoms with Gasteiger partial charge in [-0.05, 0) is 75.1 Å². The highest BCUT2D eigenvalue weighted by atomic mass is 19.1. The maximum atomic E-state index is 12.9. The maximum absolute atomic E-state index is 12.9. The second-order valence-corrected chi connectivity index (χ2v) is 7.01. The Balaban J connectivity index is 1.91. The van der Waals surface area contributed by atoms with Crippen LogP contribution in [-0.4, -0.2) is 18.4 Å². The van der Waals surface area contributed by atoms with E-state index in [1.807, 2.05) is 32.0 Å². The summed E-state index contributed by atoms with van der Waals surface area (Å²) in [5, 5.41) is 5.58. The van der Waals surface area contributed by atoms with Gasteiger partial charge in [0.2, 0.25) is 11.8 Å². The number of amides is 2. The van der Waals surface area contributed by atoms with Gasteiger partial charge in [0.25, 0.3) is 0 Å². The zero-order valence-corrected chi connectivity index (χ0v) is 15.7. The summed E-state index contributed by atoms with van der Waals surface area (Å²) in [5.74, 6) is -0.997. The van der Waals surface area contributed by atoms with Crippen LogP contribution in [0, 0.1) is 25.1 Å². The summed E-state index contributed by atoms with van der Waals surface area (Å²) in [6, 6.07) is 11.8. The molecule has 0 atom stereocenters. The predicted molar refractivity (Wildman–Crippen MR) is 101 cm³/mol. The highest BCUT2D eigenvalue weighted by molar-refractivity contribution is 6.09. The summed E-state index contributed by atoms with van der Waals surface area (Å²) in [5.41, 5.74) is 2.60. The minimum Gasteiger partial charge on any atom is -0.355 e. The third-order valence-electron chi connectivity index (χ3n) is 4.51. The normalized spacial score (nSPS) is 11.1. The first-order chi connectivity index (χ1) is 12.2. The maximum Gasteiger partial charge on any atom is 0.239 e. The lowest BCUT2D eigenvalue weighted by Crippen LogP contribution is -2.45. The Hall–Kier alpha value is -2.69. The number of carbonyl (C=O) groups excluding carboxylic acids is 2. The van der Waals surface area contributed by atoms with Gasteiger partial charge in [0.1, 0.15) is 11.2 Å². The predicted octanol–water partition coefficient (Wildman–Crippen LogP) is 3.77. The van der Waals surface area contributed by atoms with Gasteiger partial charge in [0.15, 0.2) is 0 Å². The van der Waals surface area contributed by atoms with Crippen molar-refractivity contribution in [3.8, 4) is 0 Å². The summed E-state index contributed by atoms with van der Waals surface area (Å²) in [6.07, 6.45) is 0.570. The topological polar surface area (TPSA) is 58.2 Å². The molecule has 2 amide bonds. The van der Waals surface area contributed by atoms with Crippen LogP contribution in [0.1, 0.15) is 30.5 Å². The van der Waals surface area contributed by atoms with Crippen LogP contribution < -0.4 is 10.6 Å². The summed E-state index contributed by atoms with van der Waals surface area (Å²) in [6.45, 7) is 7.54. The summed E-state index contributed by atoms with van der Waals surface area (Å²) in [4.78, 5) is 25.0. The Kier molecular flexibility index (Phi) is 6.14. The van der Waals surface area contributed by atoms with Crippen molar-refractivity contribution in [1.82, 2.24) is 5.32 Å². The van der Waals surface area contributed by atoms with Crippen LogP contribution in [0.4, 0.5) is 10.1 Å². The molecule has 0 saturated heterocycles. The molecule has 0 fully saturated rings. The van der Waals surface area contributed by atoms with Crippen molar-refractivity contribution in [2.24, 2.45) is 5.41 Å². The van der Waals surface area contributed by atoms with Crippen molar-refractivity contribution in [2.75, 3.05) is 11.9 Å². The molecule has 0 aliphatic heterocycles. The first-order valence-corrected chi connectivity index (χ1v) is 8.61. The van der Waals surface area contributed by atoms with E-state index >= 15 is 0 Å². The zero-order chi connectivity index (χ0) is 19.3. The molecule has 26 heavy (non-hydrogen) atoms. The molecule has 2 aromatic rings. The second kappa shape index (κ2) is 8.13. The summed E-state index contributed by atoms with van der Waals surface area (Å²) >= 11 is 0. The number of hydrogen-bond donors (Lipinski definition) is 2. The average Bonchev–Trinajstić information content (AvgIpc) is 2.59. The van der Waals surface area contributed by atoms with Crippen molar-refractivity contribution >= 4 is 17.5 Å². The van der Waals surface area contributed by atoms with Crippen molar-refractivity contribution in [1.29, 1.82) is 0 Å². The zero-order valence-electron chi connectivity index (χ0n) is 15.7. The second-order valence-electron chi connectivity index (χ2n) is 7.01. The van der Waals surface area contributed by atoms with E-state index in [4.69, 9.17) is 0 Å². The highest BCUT2D eigenvalue weighted by Crippen LogP contribution is 2.21. The van der Waals surface area contributed by atoms with Crippen LogP contribution in [0.5, 0.6) is 0 Å². The number of rotatable bonds is 6. The summed E-state index contributed by atoms with van der Waals surface area (Å²) < 4.78 is 12.9. The van der Waals surface area contributed by atoms with Crippen LogP contribution in [0.25, 0.3) is 0 Å². The molecule has 5 heteroatoms. The van der Waals surface area contributed by atoms with E-state index in [0.29, 0.717) is 18.7 Å². The molecule has 138 valence electrons. The van der Waals surface area contributed by atoms with Gasteiger partial charge in [-0.15, -0.1) is 0 Å². The average molecular weight is 356 g/mol. The van der Waals surface area contributed by atoms with Gasteiger partial charge < -0.3 is 10.6 Å². The van der Waals surface area contributed by atoms with Gasteiger partial charge in [-0.25, -0.2) is 4.39 Å². The molecule has 2 rings (SSSR count). The van der Waals surface area contributed by atoms with Crippen LogP contribution >= 0.6 is 0 Å². The fourth-order valence-electron chi connectivity index (χ4n) is 2.40. The molecule has 0 spiro atoms. The minimum absolute atomic E-state index is 0.290. The molecule has 0 aromatic heterocycles. The molecular formula is C21H25FN2O2. The number of carbonyl (C=O) groups is 2. The molecule has 0 aliphatic rings. The van der Waals surface area contributed by atoms with Gasteiger partial charge in [-0.1, -0.05) is 18.2 Å². The van der Waals surface area contributed by atoms with Crippen LogP contribution in [0.15, 0.2) is 42.5 Å². The van der Waals surface area contributed by atoms with E-state index in [2.05, 4.69) is 10.6 Å². The lowest BCUT2D eigenvalue weighted by Gasteiger charge is -2.23. The number of benzene rings is 2. The van der Waals surface area contributed by atoms with E-state index in [1.165, 1.54) is 12.1 Å². The fourth-order valence-corrected chi connectivity index (χ4v) is 2.40. The molecule has 2 aromatic carbocycles. The Morgan fingerprint density at radius 1 is 0.962 bits per heavy atom. The quantitative estimate of drug-likeness (QED) is 0.774. The van der Waals surface area contributed by atoms with Gasteiger partial charge >= 0.3 is 0 Å². The number of halogens is 1. The molecular weight excluding hydrogens is 331 g/mol. The minimum atomic E-state index is -1.21. The third-order valence-corrected chi connectivity index (χ3v) is 4.51. The molecule has 0 radical (unpaired) electrons. The van der Waals surface area contributed by atoms with E-state index in [-0.39, 0.29) is 17.6 Å². The monoisotopic (exact) mass is 356 g/mol.